The number of hydrogen-bond donors (Lipinski definition) is 1. The summed E-state index contributed by atoms with van der Waals surface area (Å²) in [6.07, 6.45) is 5.30. The maximum absolute atomic E-state index is 13.5. The summed E-state index contributed by atoms with van der Waals surface area (Å²) in [4.78, 5) is 16.0. The number of amides is 1. The maximum atomic E-state index is 13.5. The number of carbonyl (C=O) groups is 1. The van der Waals surface area contributed by atoms with E-state index in [9.17, 15) is 9.18 Å². The van der Waals surface area contributed by atoms with Crippen LogP contribution in [0.2, 0.25) is 0 Å². The molecule has 0 aliphatic rings. The van der Waals surface area contributed by atoms with Crippen LogP contribution in [-0.2, 0) is 6.54 Å². The van der Waals surface area contributed by atoms with Crippen LogP contribution in [0.3, 0.4) is 0 Å². The van der Waals surface area contributed by atoms with Gasteiger partial charge in [-0.3, -0.25) is 4.79 Å². The normalized spacial score (nSPS) is 10.5. The van der Waals surface area contributed by atoms with Crippen molar-refractivity contribution in [3.05, 3.63) is 81.7 Å². The smallest absolute Gasteiger partial charge is 0.251 e. The van der Waals surface area contributed by atoms with Crippen molar-refractivity contribution in [1.82, 2.24) is 14.9 Å². The van der Waals surface area contributed by atoms with Crippen LogP contribution in [0, 0.1) is 9.39 Å². The first-order valence-electron chi connectivity index (χ1n) is 6.94. The highest BCUT2D eigenvalue weighted by atomic mass is 127. The van der Waals surface area contributed by atoms with Crippen molar-refractivity contribution < 1.29 is 9.18 Å². The Balaban J connectivity index is 1.63. The van der Waals surface area contributed by atoms with Crippen LogP contribution < -0.4 is 5.32 Å². The lowest BCUT2D eigenvalue weighted by Gasteiger charge is -2.07. The molecule has 3 aromatic rings. The van der Waals surface area contributed by atoms with Crippen LogP contribution in [0.1, 0.15) is 15.9 Å². The highest BCUT2D eigenvalue weighted by molar-refractivity contribution is 14.1. The first kappa shape index (κ1) is 15.7. The van der Waals surface area contributed by atoms with Crippen molar-refractivity contribution >= 4 is 28.5 Å². The molecule has 1 heterocycles. The van der Waals surface area contributed by atoms with E-state index in [-0.39, 0.29) is 11.7 Å². The van der Waals surface area contributed by atoms with E-state index in [0.717, 1.165) is 11.3 Å². The maximum Gasteiger partial charge on any atom is 0.251 e. The number of imidazole rings is 1. The lowest BCUT2D eigenvalue weighted by molar-refractivity contribution is 0.0950. The van der Waals surface area contributed by atoms with Crippen molar-refractivity contribution in [3.8, 4) is 5.69 Å². The summed E-state index contributed by atoms with van der Waals surface area (Å²) in [5.74, 6) is -0.679. The van der Waals surface area contributed by atoms with Crippen LogP contribution in [0.25, 0.3) is 5.69 Å². The van der Waals surface area contributed by atoms with Crippen LogP contribution >= 0.6 is 22.6 Å². The molecule has 0 bridgehead atoms. The zero-order chi connectivity index (χ0) is 16.2. The number of benzene rings is 2. The Labute approximate surface area is 146 Å². The molecule has 4 nitrogen and oxygen atoms in total. The number of aromatic nitrogens is 2. The predicted octanol–water partition coefficient (Wildman–Crippen LogP) is 3.55. The molecule has 0 spiro atoms. The van der Waals surface area contributed by atoms with Crippen LogP contribution in [-0.4, -0.2) is 15.5 Å². The van der Waals surface area contributed by atoms with E-state index < -0.39 is 0 Å². The molecule has 1 amide bonds. The Morgan fingerprint density at radius 1 is 1.22 bits per heavy atom. The molecular weight excluding hydrogens is 408 g/mol. The van der Waals surface area contributed by atoms with Gasteiger partial charge in [-0.05, 0) is 58.5 Å². The van der Waals surface area contributed by atoms with E-state index in [0.29, 0.717) is 15.7 Å². The Bertz CT molecular complexity index is 816. The van der Waals surface area contributed by atoms with Crippen molar-refractivity contribution in [2.45, 2.75) is 6.54 Å². The van der Waals surface area contributed by atoms with E-state index >= 15 is 0 Å². The minimum Gasteiger partial charge on any atom is -0.348 e. The van der Waals surface area contributed by atoms with E-state index in [2.05, 4.69) is 10.3 Å². The number of hydrogen-bond acceptors (Lipinski definition) is 2. The fraction of sp³-hybridized carbons (Fsp3) is 0.0588. The Morgan fingerprint density at radius 3 is 2.65 bits per heavy atom. The molecule has 0 unspecified atom stereocenters. The molecule has 1 aromatic heterocycles. The lowest BCUT2D eigenvalue weighted by Crippen LogP contribution is -2.22. The van der Waals surface area contributed by atoms with Gasteiger partial charge < -0.3 is 9.88 Å². The fourth-order valence-corrected chi connectivity index (χ4v) is 2.46. The number of rotatable bonds is 4. The molecule has 0 radical (unpaired) electrons. The zero-order valence-corrected chi connectivity index (χ0v) is 14.2. The topological polar surface area (TPSA) is 46.9 Å². The third kappa shape index (κ3) is 3.76. The summed E-state index contributed by atoms with van der Waals surface area (Å²) >= 11 is 1.89. The van der Waals surface area contributed by atoms with Gasteiger partial charge in [0.1, 0.15) is 5.82 Å². The van der Waals surface area contributed by atoms with Crippen molar-refractivity contribution in [1.29, 1.82) is 0 Å². The van der Waals surface area contributed by atoms with E-state index in [4.69, 9.17) is 0 Å². The number of nitrogens with one attached hydrogen (secondary N) is 1. The van der Waals surface area contributed by atoms with Crippen LogP contribution in [0.15, 0.2) is 61.2 Å². The molecule has 0 saturated heterocycles. The highest BCUT2D eigenvalue weighted by Crippen LogP contribution is 2.13. The SMILES string of the molecule is O=C(NCc1ccc(-n2ccnc2)cc1)c1ccc(I)c(F)c1. The standard InChI is InChI=1S/C17H13FIN3O/c18-15-9-13(3-6-16(15)19)17(23)21-10-12-1-4-14(5-2-12)22-8-7-20-11-22/h1-9,11H,10H2,(H,21,23). The molecule has 0 fully saturated rings. The third-order valence-corrected chi connectivity index (χ3v) is 4.25. The van der Waals surface area contributed by atoms with Crippen molar-refractivity contribution in [2.24, 2.45) is 0 Å². The molecule has 0 saturated carbocycles. The van der Waals surface area contributed by atoms with Gasteiger partial charge in [0.05, 0.1) is 6.33 Å². The monoisotopic (exact) mass is 421 g/mol. The van der Waals surface area contributed by atoms with E-state index in [1.54, 1.807) is 24.7 Å². The molecule has 6 heteroatoms. The summed E-state index contributed by atoms with van der Waals surface area (Å²) in [7, 11) is 0. The van der Waals surface area contributed by atoms with Gasteiger partial charge in [0, 0.05) is 33.8 Å². The second-order valence-electron chi connectivity index (χ2n) is 4.95. The van der Waals surface area contributed by atoms with E-state index in [1.807, 2.05) is 57.6 Å². The van der Waals surface area contributed by atoms with Gasteiger partial charge in [0.2, 0.25) is 0 Å². The quantitative estimate of drug-likeness (QED) is 0.656. The van der Waals surface area contributed by atoms with Crippen LogP contribution in [0.4, 0.5) is 4.39 Å². The fourth-order valence-electron chi connectivity index (χ4n) is 2.12. The van der Waals surface area contributed by atoms with Gasteiger partial charge in [-0.2, -0.15) is 0 Å². The third-order valence-electron chi connectivity index (χ3n) is 3.37. The van der Waals surface area contributed by atoms with Gasteiger partial charge in [0.15, 0.2) is 0 Å². The Morgan fingerprint density at radius 2 is 2.00 bits per heavy atom. The second-order valence-corrected chi connectivity index (χ2v) is 6.11. The molecule has 23 heavy (non-hydrogen) atoms. The molecule has 0 atom stereocenters. The summed E-state index contributed by atoms with van der Waals surface area (Å²) in [6, 6.07) is 12.2. The first-order chi connectivity index (χ1) is 11.1. The summed E-state index contributed by atoms with van der Waals surface area (Å²) in [6.45, 7) is 0.386. The highest BCUT2D eigenvalue weighted by Gasteiger charge is 2.08. The minimum atomic E-state index is -0.386. The molecule has 116 valence electrons. The van der Waals surface area contributed by atoms with Crippen LogP contribution in [0.5, 0.6) is 0 Å². The van der Waals surface area contributed by atoms with E-state index in [1.165, 1.54) is 6.07 Å². The van der Waals surface area contributed by atoms with Gasteiger partial charge in [-0.25, -0.2) is 9.37 Å². The molecule has 0 aliphatic carbocycles. The van der Waals surface area contributed by atoms with Gasteiger partial charge in [-0.1, -0.05) is 12.1 Å². The van der Waals surface area contributed by atoms with Crippen molar-refractivity contribution in [3.63, 3.8) is 0 Å². The van der Waals surface area contributed by atoms with Gasteiger partial charge in [-0.15, -0.1) is 0 Å². The number of nitrogens with zero attached hydrogens (tertiary/aromatic N) is 2. The molecule has 0 aliphatic heterocycles. The predicted molar refractivity (Wildman–Crippen MR) is 93.9 cm³/mol. The van der Waals surface area contributed by atoms with Gasteiger partial charge in [0.25, 0.3) is 5.91 Å². The molecule has 1 N–H and O–H groups in total. The average Bonchev–Trinajstić information content (AvgIpc) is 3.10. The summed E-state index contributed by atoms with van der Waals surface area (Å²) in [5, 5.41) is 2.79. The Kier molecular flexibility index (Phi) is 4.71. The van der Waals surface area contributed by atoms with Crippen molar-refractivity contribution in [2.75, 3.05) is 0 Å². The number of halogens is 2. The zero-order valence-electron chi connectivity index (χ0n) is 12.0. The molecule has 3 rings (SSSR count). The molecular formula is C17H13FIN3O. The lowest BCUT2D eigenvalue weighted by atomic mass is 10.1. The minimum absolute atomic E-state index is 0.293. The Hall–Kier alpha value is -2.22. The first-order valence-corrected chi connectivity index (χ1v) is 8.02. The average molecular weight is 421 g/mol. The second kappa shape index (κ2) is 6.91. The van der Waals surface area contributed by atoms with Gasteiger partial charge >= 0.3 is 0 Å². The largest absolute Gasteiger partial charge is 0.348 e. The number of carbonyl (C=O) groups excluding carboxylic acids is 1. The summed E-state index contributed by atoms with van der Waals surface area (Å²) in [5.41, 5.74) is 2.28. The summed E-state index contributed by atoms with van der Waals surface area (Å²) < 4.78 is 15.9. The molecule has 2 aromatic carbocycles.